The molecule has 0 aliphatic rings. The maximum absolute atomic E-state index is 12.5. The largest absolute Gasteiger partial charge is 0.465 e. The summed E-state index contributed by atoms with van der Waals surface area (Å²) < 4.78 is 10.9. The topological polar surface area (TPSA) is 69.7 Å². The Balaban J connectivity index is 3.09. The smallest absolute Gasteiger partial charge is 0.324 e. The number of benzene rings is 1. The SMILES string of the molecule is CC/C=C(\CC(=O)c1ccc(Br)cc1)C(C(=O)OCC)C(=O)OCC. The van der Waals surface area contributed by atoms with Crippen LogP contribution in [-0.2, 0) is 19.1 Å². The van der Waals surface area contributed by atoms with E-state index >= 15 is 0 Å². The van der Waals surface area contributed by atoms with Crippen LogP contribution in [-0.4, -0.2) is 30.9 Å². The summed E-state index contributed by atoms with van der Waals surface area (Å²) in [5, 5.41) is 0. The van der Waals surface area contributed by atoms with Gasteiger partial charge in [0.1, 0.15) is 0 Å². The fourth-order valence-corrected chi connectivity index (χ4v) is 2.59. The first-order valence-corrected chi connectivity index (χ1v) is 9.04. The summed E-state index contributed by atoms with van der Waals surface area (Å²) in [7, 11) is 0. The molecule has 136 valence electrons. The second-order valence-corrected chi connectivity index (χ2v) is 6.15. The van der Waals surface area contributed by atoms with Crippen molar-refractivity contribution in [1.82, 2.24) is 0 Å². The van der Waals surface area contributed by atoms with Crippen LogP contribution < -0.4 is 0 Å². The maximum Gasteiger partial charge on any atom is 0.324 e. The molecule has 1 aromatic rings. The quantitative estimate of drug-likeness (QED) is 0.265. The molecule has 0 unspecified atom stereocenters. The normalized spacial score (nSPS) is 11.3. The van der Waals surface area contributed by atoms with Crippen molar-refractivity contribution in [3.63, 3.8) is 0 Å². The molecule has 0 aliphatic carbocycles. The number of halogens is 1. The van der Waals surface area contributed by atoms with Gasteiger partial charge in [0.15, 0.2) is 11.7 Å². The van der Waals surface area contributed by atoms with Gasteiger partial charge < -0.3 is 9.47 Å². The molecule has 0 bridgehead atoms. The lowest BCUT2D eigenvalue weighted by molar-refractivity contribution is -0.159. The molecule has 0 aliphatic heterocycles. The van der Waals surface area contributed by atoms with E-state index in [1.807, 2.05) is 6.92 Å². The van der Waals surface area contributed by atoms with E-state index in [9.17, 15) is 14.4 Å². The van der Waals surface area contributed by atoms with Crippen molar-refractivity contribution in [2.24, 2.45) is 5.92 Å². The highest BCUT2D eigenvalue weighted by Gasteiger charge is 2.34. The number of hydrogen-bond acceptors (Lipinski definition) is 5. The van der Waals surface area contributed by atoms with Gasteiger partial charge >= 0.3 is 11.9 Å². The zero-order valence-corrected chi connectivity index (χ0v) is 16.3. The summed E-state index contributed by atoms with van der Waals surface area (Å²) in [4.78, 5) is 37.1. The first-order valence-electron chi connectivity index (χ1n) is 8.25. The number of carbonyl (C=O) groups is 3. The molecule has 0 saturated carbocycles. The van der Waals surface area contributed by atoms with E-state index < -0.39 is 17.9 Å². The van der Waals surface area contributed by atoms with Crippen LogP contribution >= 0.6 is 15.9 Å². The Bertz CT molecular complexity index is 616. The Morgan fingerprint density at radius 2 is 1.52 bits per heavy atom. The van der Waals surface area contributed by atoms with Crippen molar-refractivity contribution in [2.75, 3.05) is 13.2 Å². The van der Waals surface area contributed by atoms with Crippen LogP contribution in [0.2, 0.25) is 0 Å². The van der Waals surface area contributed by atoms with Crippen molar-refractivity contribution < 1.29 is 23.9 Å². The third kappa shape index (κ3) is 6.46. The standard InChI is InChI=1S/C19H23BrO5/c1-4-7-14(12-16(21)13-8-10-15(20)11-9-13)17(18(22)24-5-2)19(23)25-6-3/h7-11,17H,4-6,12H2,1-3H3/b14-7+. The van der Waals surface area contributed by atoms with E-state index in [1.54, 1.807) is 44.2 Å². The lowest BCUT2D eigenvalue weighted by Crippen LogP contribution is -2.30. The average Bonchev–Trinajstić information content (AvgIpc) is 2.56. The minimum Gasteiger partial charge on any atom is -0.465 e. The third-order valence-electron chi connectivity index (χ3n) is 3.41. The van der Waals surface area contributed by atoms with Crippen molar-refractivity contribution in [3.8, 4) is 0 Å². The molecule has 5 nitrogen and oxygen atoms in total. The predicted molar refractivity (Wildman–Crippen MR) is 98.2 cm³/mol. The first-order chi connectivity index (χ1) is 11.9. The van der Waals surface area contributed by atoms with Crippen molar-refractivity contribution >= 4 is 33.7 Å². The van der Waals surface area contributed by atoms with Gasteiger partial charge in [-0.3, -0.25) is 14.4 Å². The third-order valence-corrected chi connectivity index (χ3v) is 3.94. The highest BCUT2D eigenvalue weighted by molar-refractivity contribution is 9.10. The number of hydrogen-bond donors (Lipinski definition) is 0. The molecule has 0 fully saturated rings. The van der Waals surface area contributed by atoms with E-state index in [-0.39, 0.29) is 25.4 Å². The summed E-state index contributed by atoms with van der Waals surface area (Å²) in [6.45, 7) is 5.49. The highest BCUT2D eigenvalue weighted by atomic mass is 79.9. The van der Waals surface area contributed by atoms with Crippen molar-refractivity contribution in [3.05, 3.63) is 46.0 Å². The number of ketones is 1. The van der Waals surface area contributed by atoms with Crippen molar-refractivity contribution in [2.45, 2.75) is 33.6 Å². The first kappa shape index (κ1) is 21.1. The lowest BCUT2D eigenvalue weighted by Gasteiger charge is -2.17. The van der Waals surface area contributed by atoms with Gasteiger partial charge in [-0.05, 0) is 38.0 Å². The summed E-state index contributed by atoms with van der Waals surface area (Å²) in [5.41, 5.74) is 0.920. The van der Waals surface area contributed by atoms with Crippen LogP contribution in [0.15, 0.2) is 40.4 Å². The summed E-state index contributed by atoms with van der Waals surface area (Å²) >= 11 is 3.32. The van der Waals surface area contributed by atoms with E-state index in [2.05, 4.69) is 15.9 Å². The molecular weight excluding hydrogens is 388 g/mol. The van der Waals surface area contributed by atoms with Crippen LogP contribution in [0.4, 0.5) is 0 Å². The fourth-order valence-electron chi connectivity index (χ4n) is 2.33. The Morgan fingerprint density at radius 3 is 1.96 bits per heavy atom. The van der Waals surface area contributed by atoms with Crippen LogP contribution in [0.3, 0.4) is 0 Å². The molecule has 6 heteroatoms. The van der Waals surface area contributed by atoms with Crippen LogP contribution in [0.1, 0.15) is 44.0 Å². The Labute approximate surface area is 156 Å². The van der Waals surface area contributed by atoms with E-state index in [4.69, 9.17) is 9.47 Å². The number of esters is 2. The fraction of sp³-hybridized carbons (Fsp3) is 0.421. The van der Waals surface area contributed by atoms with Gasteiger partial charge in [-0.2, -0.15) is 0 Å². The summed E-state index contributed by atoms with van der Waals surface area (Å²) in [6, 6.07) is 6.93. The van der Waals surface area contributed by atoms with E-state index in [0.717, 1.165) is 4.47 Å². The molecule has 25 heavy (non-hydrogen) atoms. The van der Waals surface area contributed by atoms with Crippen molar-refractivity contribution in [1.29, 1.82) is 0 Å². The number of Topliss-reactive ketones (excluding diaryl/α,β-unsaturated/α-hetero) is 1. The molecule has 0 spiro atoms. The van der Waals surface area contributed by atoms with E-state index in [1.165, 1.54) is 0 Å². The minimum atomic E-state index is -1.21. The summed E-state index contributed by atoms with van der Waals surface area (Å²) in [6.07, 6.45) is 2.26. The molecule has 1 aromatic carbocycles. The molecule has 0 aromatic heterocycles. The van der Waals surface area contributed by atoms with Crippen LogP contribution in [0, 0.1) is 5.92 Å². The van der Waals surface area contributed by atoms with Gasteiger partial charge in [0.05, 0.1) is 13.2 Å². The average molecular weight is 411 g/mol. The van der Waals surface area contributed by atoms with Crippen LogP contribution in [0.5, 0.6) is 0 Å². The van der Waals surface area contributed by atoms with Gasteiger partial charge in [0, 0.05) is 16.5 Å². The maximum atomic E-state index is 12.5. The second-order valence-electron chi connectivity index (χ2n) is 5.23. The molecule has 0 N–H and O–H groups in total. The Kier molecular flexibility index (Phi) is 9.13. The van der Waals surface area contributed by atoms with E-state index in [0.29, 0.717) is 17.6 Å². The summed E-state index contributed by atoms with van der Waals surface area (Å²) in [5.74, 6) is -2.77. The highest BCUT2D eigenvalue weighted by Crippen LogP contribution is 2.23. The molecule has 0 saturated heterocycles. The zero-order chi connectivity index (χ0) is 18.8. The molecular formula is C19H23BrO5. The van der Waals surface area contributed by atoms with Gasteiger partial charge in [-0.25, -0.2) is 0 Å². The minimum absolute atomic E-state index is 0.0439. The van der Waals surface area contributed by atoms with Gasteiger partial charge in [0.2, 0.25) is 0 Å². The molecule has 0 amide bonds. The second kappa shape index (κ2) is 10.8. The Hall–Kier alpha value is -1.95. The Morgan fingerprint density at radius 1 is 1.00 bits per heavy atom. The zero-order valence-electron chi connectivity index (χ0n) is 14.7. The molecule has 0 radical (unpaired) electrons. The molecule has 0 atom stereocenters. The number of carbonyl (C=O) groups excluding carboxylic acids is 3. The van der Waals surface area contributed by atoms with Gasteiger partial charge in [0.25, 0.3) is 0 Å². The van der Waals surface area contributed by atoms with Gasteiger partial charge in [-0.1, -0.05) is 41.1 Å². The number of allylic oxidation sites excluding steroid dienone is 1. The van der Waals surface area contributed by atoms with Gasteiger partial charge in [-0.15, -0.1) is 0 Å². The predicted octanol–water partition coefficient (Wildman–Crippen LogP) is 4.10. The molecule has 0 heterocycles. The van der Waals surface area contributed by atoms with Crippen LogP contribution in [0.25, 0.3) is 0 Å². The molecule has 1 rings (SSSR count). The monoisotopic (exact) mass is 410 g/mol. The lowest BCUT2D eigenvalue weighted by atomic mass is 9.91. The number of ether oxygens (including phenoxy) is 2. The number of rotatable bonds is 9.